The number of phosphoric acid groups is 3. The van der Waals surface area contributed by atoms with Crippen LogP contribution >= 0.6 is 35.2 Å². The number of nitrogens with two attached hydrogens (primary N) is 1. The van der Waals surface area contributed by atoms with Crippen LogP contribution in [-0.2, 0) is 50.7 Å². The molecule has 2 amide bonds. The molecule has 2 aromatic rings. The average Bonchev–Trinajstić information content (AvgIpc) is 3.69. The van der Waals surface area contributed by atoms with Crippen LogP contribution in [0.15, 0.2) is 36.5 Å². The van der Waals surface area contributed by atoms with Gasteiger partial charge < -0.3 is 50.9 Å². The molecule has 1 aliphatic rings. The van der Waals surface area contributed by atoms with E-state index in [1.54, 1.807) is 6.92 Å². The third-order valence-electron chi connectivity index (χ3n) is 8.54. The second-order valence-electron chi connectivity index (χ2n) is 14.1. The fourth-order valence-electron chi connectivity index (χ4n) is 4.99. The fourth-order valence-corrected chi connectivity index (χ4v) is 8.52. The van der Waals surface area contributed by atoms with E-state index in [-0.39, 0.29) is 41.6 Å². The number of hydrogen-bond donors (Lipinski definition) is 9. The highest BCUT2D eigenvalue weighted by atomic mass is 32.2. The van der Waals surface area contributed by atoms with Crippen molar-refractivity contribution < 1.29 is 80.5 Å². The highest BCUT2D eigenvalue weighted by Crippen LogP contribution is 2.61. The summed E-state index contributed by atoms with van der Waals surface area (Å²) in [5.74, 6) is -0.868. The van der Waals surface area contributed by atoms with Crippen LogP contribution in [0.3, 0.4) is 0 Å². The number of amides is 2. The molecule has 0 radical (unpaired) electrons. The van der Waals surface area contributed by atoms with Gasteiger partial charge in [-0.3, -0.25) is 32.5 Å². The number of anilines is 1. The van der Waals surface area contributed by atoms with E-state index in [1.165, 1.54) is 13.8 Å². The van der Waals surface area contributed by atoms with Crippen LogP contribution in [0, 0.1) is 11.3 Å². The van der Waals surface area contributed by atoms with E-state index in [1.807, 2.05) is 19.9 Å². The molecule has 3 unspecified atom stereocenters. The van der Waals surface area contributed by atoms with Gasteiger partial charge in [0, 0.05) is 30.7 Å². The number of nitrogens with one attached hydrogen (secondary N) is 2. The van der Waals surface area contributed by atoms with Crippen LogP contribution < -0.4 is 16.4 Å². The highest BCUT2D eigenvalue weighted by Gasteiger charge is 2.50. The number of fused-ring (bicyclic) bond motifs is 1. The second kappa shape index (κ2) is 21.2. The predicted molar refractivity (Wildman–Crippen MR) is 209 cm³/mol. The SMILES string of the molecule is C=C(C/C=C(\C)C(=O)SCCNC(=O)CCNC(=O)[C@H](O)C(C)(C)COP(=O)(O)OP(=O)(O)OC[C@H]1O[C@@H](n2cnc3c(N)ncnc32)[C@@H](O)C1OP(=O)(O)O)C(C)C. The Morgan fingerprint density at radius 1 is 1.08 bits per heavy atom. The lowest BCUT2D eigenvalue weighted by Crippen LogP contribution is -2.46. The molecule has 0 bridgehead atoms. The van der Waals surface area contributed by atoms with E-state index in [0.29, 0.717) is 23.7 Å². The lowest BCUT2D eigenvalue weighted by Gasteiger charge is -2.30. The summed E-state index contributed by atoms with van der Waals surface area (Å²) in [6, 6.07) is 0. The number of allylic oxidation sites excluding steroid dienone is 2. The molecule has 0 saturated carbocycles. The van der Waals surface area contributed by atoms with Gasteiger partial charge in [-0.05, 0) is 24.8 Å². The van der Waals surface area contributed by atoms with Crippen LogP contribution in [0.5, 0.6) is 0 Å². The quantitative estimate of drug-likeness (QED) is 0.0327. The molecule has 1 aliphatic heterocycles. The van der Waals surface area contributed by atoms with Crippen molar-refractivity contribution in [2.75, 3.05) is 37.8 Å². The molecule has 3 rings (SSSR count). The fraction of sp³-hybridized carbons (Fsp3) is 0.613. The van der Waals surface area contributed by atoms with E-state index in [4.69, 9.17) is 19.5 Å². The number of rotatable bonds is 23. The zero-order chi connectivity index (χ0) is 44.5. The van der Waals surface area contributed by atoms with Crippen molar-refractivity contribution in [3.05, 3.63) is 36.5 Å². The number of phosphoric ester groups is 3. The summed E-state index contributed by atoms with van der Waals surface area (Å²) in [5.41, 5.74) is 5.84. The van der Waals surface area contributed by atoms with Gasteiger partial charge in [-0.25, -0.2) is 28.6 Å². The van der Waals surface area contributed by atoms with E-state index in [0.717, 1.165) is 34.6 Å². The summed E-state index contributed by atoms with van der Waals surface area (Å²) in [6.07, 6.45) is -4.54. The van der Waals surface area contributed by atoms with Crippen LogP contribution in [0.4, 0.5) is 5.82 Å². The van der Waals surface area contributed by atoms with Crippen molar-refractivity contribution in [2.45, 2.75) is 78.1 Å². The first-order valence-electron chi connectivity index (χ1n) is 17.6. The van der Waals surface area contributed by atoms with Crippen molar-refractivity contribution in [1.82, 2.24) is 30.2 Å². The minimum Gasteiger partial charge on any atom is -0.386 e. The second-order valence-corrected chi connectivity index (χ2v) is 19.4. The maximum absolute atomic E-state index is 12.7. The Kier molecular flexibility index (Phi) is 18.1. The standard InChI is InChI=1S/C31H50N7O17P3S/c1-17(2)18(3)7-8-19(4)30(43)59-12-11-33-21(39)9-10-34-28(42)25(41)31(5,6)14-52-58(49,50)55-57(47,48)51-13-20-24(54-56(44,45)46)23(40)29(53-20)38-16-37-22-26(32)35-15-36-27(22)38/h8,15-17,20,23-25,29,40-41H,3,7,9-14H2,1-2,4-6H3,(H,33,39)(H,34,42)(H,47,48)(H,49,50)(H2,32,35,36)(H2,44,45,46)/b19-8+/t20-,23+,24?,25+,29-/m1/s1. The number of thioether (sulfide) groups is 1. The zero-order valence-corrected chi connectivity index (χ0v) is 36.1. The van der Waals surface area contributed by atoms with Crippen molar-refractivity contribution in [3.8, 4) is 0 Å². The first-order valence-corrected chi connectivity index (χ1v) is 23.1. The maximum atomic E-state index is 12.7. The number of aliphatic hydroxyl groups is 2. The van der Waals surface area contributed by atoms with Crippen molar-refractivity contribution in [3.63, 3.8) is 0 Å². The van der Waals surface area contributed by atoms with Gasteiger partial charge in [0.1, 0.15) is 36.3 Å². The molecule has 0 aromatic carbocycles. The predicted octanol–water partition coefficient (Wildman–Crippen LogP) is 1.21. The van der Waals surface area contributed by atoms with Gasteiger partial charge in [0.25, 0.3) is 0 Å². The number of carbonyl (C=O) groups is 3. The molecule has 1 fully saturated rings. The number of carbonyl (C=O) groups excluding carboxylic acids is 3. The number of nitrogens with zero attached hydrogens (tertiary/aromatic N) is 4. The Morgan fingerprint density at radius 3 is 2.39 bits per heavy atom. The number of ether oxygens (including phenoxy) is 1. The van der Waals surface area contributed by atoms with E-state index >= 15 is 0 Å². The normalized spacial score (nSPS) is 21.5. The van der Waals surface area contributed by atoms with Gasteiger partial charge in [0.15, 0.2) is 17.7 Å². The van der Waals surface area contributed by atoms with Crippen molar-refractivity contribution in [2.24, 2.45) is 11.3 Å². The van der Waals surface area contributed by atoms with E-state index in [2.05, 4.69) is 41.0 Å². The Labute approximate surface area is 342 Å². The molecular weight excluding hydrogens is 867 g/mol. The summed E-state index contributed by atoms with van der Waals surface area (Å²) in [7, 11) is -16.4. The van der Waals surface area contributed by atoms with Crippen molar-refractivity contribution >= 4 is 69.1 Å². The monoisotopic (exact) mass is 917 g/mol. The molecule has 59 heavy (non-hydrogen) atoms. The molecule has 332 valence electrons. The molecule has 10 N–H and O–H groups in total. The molecule has 28 heteroatoms. The number of aromatic nitrogens is 4. The Bertz CT molecular complexity index is 2010. The summed E-state index contributed by atoms with van der Waals surface area (Å²) in [6.45, 7) is 10.1. The van der Waals surface area contributed by atoms with Gasteiger partial charge in [0.05, 0.1) is 19.5 Å². The summed E-state index contributed by atoms with van der Waals surface area (Å²) in [5, 5.41) is 26.3. The third kappa shape index (κ3) is 15.5. The summed E-state index contributed by atoms with van der Waals surface area (Å²) in [4.78, 5) is 88.1. The lowest BCUT2D eigenvalue weighted by atomic mass is 9.87. The molecular formula is C31H50N7O17P3S. The van der Waals surface area contributed by atoms with Gasteiger partial charge in [0.2, 0.25) is 16.9 Å². The molecule has 1 saturated heterocycles. The number of nitrogen functional groups attached to an aromatic ring is 1. The van der Waals surface area contributed by atoms with Crippen LogP contribution in [0.2, 0.25) is 0 Å². The topological polar surface area (TPSA) is 364 Å². The van der Waals surface area contributed by atoms with Gasteiger partial charge in [-0.1, -0.05) is 57.7 Å². The highest BCUT2D eigenvalue weighted by molar-refractivity contribution is 8.14. The smallest absolute Gasteiger partial charge is 0.386 e. The van der Waals surface area contributed by atoms with E-state index < -0.39 is 84.6 Å². The number of aliphatic hydroxyl groups excluding tert-OH is 2. The number of hydrogen-bond acceptors (Lipinski definition) is 18. The lowest BCUT2D eigenvalue weighted by molar-refractivity contribution is -0.137. The average molecular weight is 918 g/mol. The Balaban J connectivity index is 1.46. The van der Waals surface area contributed by atoms with Crippen LogP contribution in [-0.4, -0.2) is 123 Å². The Hall–Kier alpha value is -2.96. The third-order valence-corrected chi connectivity index (χ3v) is 12.6. The zero-order valence-electron chi connectivity index (χ0n) is 32.6. The largest absolute Gasteiger partial charge is 0.481 e. The first-order chi connectivity index (χ1) is 27.2. The Morgan fingerprint density at radius 2 is 1.75 bits per heavy atom. The first kappa shape index (κ1) is 50.4. The molecule has 0 aliphatic carbocycles. The molecule has 7 atom stereocenters. The van der Waals surface area contributed by atoms with Gasteiger partial charge >= 0.3 is 23.5 Å². The van der Waals surface area contributed by atoms with Crippen LogP contribution in [0.25, 0.3) is 11.2 Å². The molecule has 0 spiro atoms. The number of imidazole rings is 1. The maximum Gasteiger partial charge on any atom is 0.481 e. The summed E-state index contributed by atoms with van der Waals surface area (Å²) < 4.78 is 62.2. The minimum absolute atomic E-state index is 0.0288. The summed E-state index contributed by atoms with van der Waals surface area (Å²) >= 11 is 1.04. The molecule has 3 heterocycles. The minimum atomic E-state index is -5.58. The van der Waals surface area contributed by atoms with Gasteiger partial charge in [-0.15, -0.1) is 0 Å². The van der Waals surface area contributed by atoms with Crippen molar-refractivity contribution in [1.29, 1.82) is 0 Å². The van der Waals surface area contributed by atoms with Gasteiger partial charge in [-0.2, -0.15) is 4.31 Å². The van der Waals surface area contributed by atoms with E-state index in [9.17, 15) is 57.9 Å². The van der Waals surface area contributed by atoms with Crippen LogP contribution in [0.1, 0.15) is 53.7 Å². The molecule has 24 nitrogen and oxygen atoms in total. The molecule has 2 aromatic heterocycles.